The fraction of sp³-hybridized carbons (Fsp3) is 0.556. The highest BCUT2D eigenvalue weighted by Gasteiger charge is 2.24. The Kier molecular flexibility index (Phi) is 5.13. The maximum atomic E-state index is 12.1. The molecule has 7 heteroatoms. The first-order chi connectivity index (χ1) is 12.0. The van der Waals surface area contributed by atoms with E-state index in [9.17, 15) is 4.79 Å². The Balaban J connectivity index is 1.75. The fourth-order valence-corrected chi connectivity index (χ4v) is 3.59. The van der Waals surface area contributed by atoms with Gasteiger partial charge in [-0.2, -0.15) is 5.10 Å². The second-order valence-corrected chi connectivity index (χ2v) is 6.51. The largest absolute Gasteiger partial charge is 0.496 e. The van der Waals surface area contributed by atoms with Gasteiger partial charge in [0.2, 0.25) is 0 Å². The number of hydrogen-bond donors (Lipinski definition) is 0. The number of fused-ring (bicyclic) bond motifs is 1. The number of aryl methyl sites for hydroxylation is 2. The minimum atomic E-state index is -0.0234. The van der Waals surface area contributed by atoms with Crippen LogP contribution in [0.15, 0.2) is 23.0 Å². The number of hydrogen-bond acceptors (Lipinski definition) is 5. The molecule has 2 heterocycles. The van der Waals surface area contributed by atoms with Crippen LogP contribution in [0.2, 0.25) is 0 Å². The second-order valence-electron chi connectivity index (χ2n) is 6.51. The Hall–Kier alpha value is -2.28. The lowest BCUT2D eigenvalue weighted by Crippen LogP contribution is -2.32. The van der Waals surface area contributed by atoms with Crippen LogP contribution in [0.3, 0.4) is 0 Å². The van der Waals surface area contributed by atoms with E-state index in [1.54, 1.807) is 25.8 Å². The number of methoxy groups -OCH3 is 2. The first-order valence-corrected chi connectivity index (χ1v) is 8.58. The van der Waals surface area contributed by atoms with Crippen molar-refractivity contribution in [2.75, 3.05) is 21.3 Å². The highest BCUT2D eigenvalue weighted by atomic mass is 16.5. The standard InChI is InChI=1S/C18H26N4O3/c1-20(12-14-15(24-3)6-5-7-16(14)25-4)13-8-9-17-19-21(2)18(23)22(17)11-10-13/h5-7,13H,8-12H2,1-4H3. The molecule has 3 rings (SSSR count). The fourth-order valence-electron chi connectivity index (χ4n) is 3.59. The topological polar surface area (TPSA) is 61.5 Å². The zero-order chi connectivity index (χ0) is 18.0. The van der Waals surface area contributed by atoms with E-state index in [4.69, 9.17) is 9.47 Å². The van der Waals surface area contributed by atoms with Crippen LogP contribution in [0, 0.1) is 0 Å². The number of aromatic nitrogens is 3. The van der Waals surface area contributed by atoms with Gasteiger partial charge in [-0.25, -0.2) is 9.48 Å². The molecule has 136 valence electrons. The molecular formula is C18H26N4O3. The molecule has 0 saturated heterocycles. The maximum absolute atomic E-state index is 12.1. The van der Waals surface area contributed by atoms with Gasteiger partial charge in [0, 0.05) is 32.6 Å². The predicted molar refractivity (Wildman–Crippen MR) is 95.2 cm³/mol. The van der Waals surface area contributed by atoms with Crippen LogP contribution in [0.5, 0.6) is 11.5 Å². The summed E-state index contributed by atoms with van der Waals surface area (Å²) in [4.78, 5) is 14.4. The van der Waals surface area contributed by atoms with Crippen molar-refractivity contribution in [2.24, 2.45) is 7.05 Å². The molecule has 25 heavy (non-hydrogen) atoms. The minimum absolute atomic E-state index is 0.0234. The molecule has 1 aliphatic rings. The van der Waals surface area contributed by atoms with E-state index in [0.717, 1.165) is 48.7 Å². The lowest BCUT2D eigenvalue weighted by atomic mass is 10.1. The molecule has 0 aliphatic carbocycles. The van der Waals surface area contributed by atoms with Crippen molar-refractivity contribution in [3.63, 3.8) is 0 Å². The normalized spacial score (nSPS) is 17.2. The van der Waals surface area contributed by atoms with Crippen LogP contribution in [-0.2, 0) is 26.6 Å². The summed E-state index contributed by atoms with van der Waals surface area (Å²) in [5, 5.41) is 4.35. The van der Waals surface area contributed by atoms with Gasteiger partial charge in [0.1, 0.15) is 17.3 Å². The molecule has 1 unspecified atom stereocenters. The Labute approximate surface area is 147 Å². The summed E-state index contributed by atoms with van der Waals surface area (Å²) in [7, 11) is 7.18. The Bertz CT molecular complexity index is 774. The van der Waals surface area contributed by atoms with E-state index >= 15 is 0 Å². The highest BCUT2D eigenvalue weighted by molar-refractivity contribution is 5.44. The number of benzene rings is 1. The molecule has 2 aromatic rings. The van der Waals surface area contributed by atoms with E-state index in [1.807, 2.05) is 18.2 Å². The zero-order valence-electron chi connectivity index (χ0n) is 15.4. The molecular weight excluding hydrogens is 320 g/mol. The minimum Gasteiger partial charge on any atom is -0.496 e. The van der Waals surface area contributed by atoms with Gasteiger partial charge >= 0.3 is 5.69 Å². The van der Waals surface area contributed by atoms with Gasteiger partial charge < -0.3 is 9.47 Å². The maximum Gasteiger partial charge on any atom is 0.345 e. The van der Waals surface area contributed by atoms with Crippen LogP contribution in [0.4, 0.5) is 0 Å². The Morgan fingerprint density at radius 1 is 1.24 bits per heavy atom. The molecule has 0 spiro atoms. The summed E-state index contributed by atoms with van der Waals surface area (Å²) in [6, 6.07) is 6.22. The van der Waals surface area contributed by atoms with Gasteiger partial charge in [-0.15, -0.1) is 0 Å². The van der Waals surface area contributed by atoms with E-state index in [0.29, 0.717) is 12.6 Å². The average Bonchev–Trinajstić information content (AvgIpc) is 2.78. The molecule has 0 N–H and O–H groups in total. The van der Waals surface area contributed by atoms with Gasteiger partial charge in [-0.05, 0) is 32.0 Å². The summed E-state index contributed by atoms with van der Waals surface area (Å²) in [5.74, 6) is 2.56. The van der Waals surface area contributed by atoms with Crippen LogP contribution in [0.1, 0.15) is 24.2 Å². The quantitative estimate of drug-likeness (QED) is 0.820. The molecule has 0 radical (unpaired) electrons. The predicted octanol–water partition coefficient (Wildman–Crippen LogP) is 1.44. The van der Waals surface area contributed by atoms with Crippen molar-refractivity contribution < 1.29 is 9.47 Å². The molecule has 0 bridgehead atoms. The Morgan fingerprint density at radius 2 is 1.92 bits per heavy atom. The third-order valence-electron chi connectivity index (χ3n) is 5.03. The van der Waals surface area contributed by atoms with Crippen molar-refractivity contribution >= 4 is 0 Å². The molecule has 0 amide bonds. The third-order valence-corrected chi connectivity index (χ3v) is 5.03. The molecule has 1 atom stereocenters. The van der Waals surface area contributed by atoms with E-state index in [2.05, 4.69) is 17.0 Å². The molecule has 7 nitrogen and oxygen atoms in total. The number of rotatable bonds is 5. The van der Waals surface area contributed by atoms with Gasteiger partial charge in [0.15, 0.2) is 0 Å². The molecule has 1 aromatic carbocycles. The monoisotopic (exact) mass is 346 g/mol. The first kappa shape index (κ1) is 17.5. The molecule has 0 fully saturated rings. The first-order valence-electron chi connectivity index (χ1n) is 8.58. The summed E-state index contributed by atoms with van der Waals surface area (Å²) in [5.41, 5.74) is 1.03. The molecule has 0 saturated carbocycles. The van der Waals surface area contributed by atoms with Crippen molar-refractivity contribution in [3.05, 3.63) is 40.1 Å². The van der Waals surface area contributed by atoms with Crippen LogP contribution < -0.4 is 15.2 Å². The number of ether oxygens (including phenoxy) is 2. The third kappa shape index (κ3) is 3.42. The van der Waals surface area contributed by atoms with Crippen molar-refractivity contribution in [3.8, 4) is 11.5 Å². The smallest absolute Gasteiger partial charge is 0.345 e. The highest BCUT2D eigenvalue weighted by Crippen LogP contribution is 2.30. The van der Waals surface area contributed by atoms with E-state index in [1.165, 1.54) is 4.68 Å². The summed E-state index contributed by atoms with van der Waals surface area (Å²) in [6.45, 7) is 1.44. The van der Waals surface area contributed by atoms with Gasteiger partial charge in [-0.3, -0.25) is 9.47 Å². The van der Waals surface area contributed by atoms with Crippen LogP contribution >= 0.6 is 0 Å². The lowest BCUT2D eigenvalue weighted by Gasteiger charge is -2.28. The van der Waals surface area contributed by atoms with E-state index < -0.39 is 0 Å². The number of nitrogens with zero attached hydrogens (tertiary/aromatic N) is 4. The summed E-state index contributed by atoms with van der Waals surface area (Å²) in [6.07, 6.45) is 2.71. The molecule has 1 aromatic heterocycles. The SMILES string of the molecule is COc1cccc(OC)c1CN(C)C1CCc2nn(C)c(=O)n2CC1. The van der Waals surface area contributed by atoms with Gasteiger partial charge in [0.25, 0.3) is 0 Å². The van der Waals surface area contributed by atoms with Crippen molar-refractivity contribution in [2.45, 2.75) is 38.4 Å². The van der Waals surface area contributed by atoms with Gasteiger partial charge in [-0.1, -0.05) is 6.07 Å². The summed E-state index contributed by atoms with van der Waals surface area (Å²) >= 11 is 0. The zero-order valence-corrected chi connectivity index (χ0v) is 15.4. The van der Waals surface area contributed by atoms with Crippen LogP contribution in [-0.4, -0.2) is 46.6 Å². The van der Waals surface area contributed by atoms with E-state index in [-0.39, 0.29) is 5.69 Å². The Morgan fingerprint density at radius 3 is 2.56 bits per heavy atom. The summed E-state index contributed by atoms with van der Waals surface area (Å²) < 4.78 is 14.2. The van der Waals surface area contributed by atoms with Gasteiger partial charge in [0.05, 0.1) is 19.8 Å². The second kappa shape index (κ2) is 7.31. The lowest BCUT2D eigenvalue weighted by molar-refractivity contribution is 0.205. The van der Waals surface area contributed by atoms with Crippen LogP contribution in [0.25, 0.3) is 0 Å². The van der Waals surface area contributed by atoms with Crippen molar-refractivity contribution in [1.29, 1.82) is 0 Å². The van der Waals surface area contributed by atoms with Crippen molar-refractivity contribution in [1.82, 2.24) is 19.2 Å². The average molecular weight is 346 g/mol. The molecule has 1 aliphatic heterocycles.